The standard InChI is InChI=1S/C18H34N2O/c1-4-20(16-9-7-15(19)8-10-16)17(21)18(13-14(2)3)11-5-6-12-18/h14-16H,4-13,19H2,1-3H3. The molecule has 0 unspecified atom stereocenters. The molecule has 2 fully saturated rings. The highest BCUT2D eigenvalue weighted by molar-refractivity contribution is 5.83. The van der Waals surface area contributed by atoms with Gasteiger partial charge in [0.2, 0.25) is 5.91 Å². The molecule has 0 aliphatic heterocycles. The molecule has 3 nitrogen and oxygen atoms in total. The van der Waals surface area contributed by atoms with Gasteiger partial charge in [0.05, 0.1) is 0 Å². The molecule has 0 bridgehead atoms. The molecule has 2 N–H and O–H groups in total. The van der Waals surface area contributed by atoms with Crippen LogP contribution in [0.2, 0.25) is 0 Å². The number of amides is 1. The molecule has 0 aromatic carbocycles. The van der Waals surface area contributed by atoms with Crippen molar-refractivity contribution in [3.8, 4) is 0 Å². The van der Waals surface area contributed by atoms with Crippen LogP contribution in [0.1, 0.15) is 78.6 Å². The van der Waals surface area contributed by atoms with Crippen molar-refractivity contribution in [2.24, 2.45) is 17.1 Å². The fourth-order valence-corrected chi connectivity index (χ4v) is 4.62. The van der Waals surface area contributed by atoms with E-state index in [1.165, 1.54) is 12.8 Å². The highest BCUT2D eigenvalue weighted by Crippen LogP contribution is 2.45. The van der Waals surface area contributed by atoms with Crippen molar-refractivity contribution < 1.29 is 4.79 Å². The fraction of sp³-hybridized carbons (Fsp3) is 0.944. The van der Waals surface area contributed by atoms with Gasteiger partial charge in [-0.05, 0) is 57.8 Å². The van der Waals surface area contributed by atoms with Crippen LogP contribution in [0.5, 0.6) is 0 Å². The first kappa shape index (κ1) is 16.8. The van der Waals surface area contributed by atoms with Crippen LogP contribution in [0.25, 0.3) is 0 Å². The molecule has 0 aromatic heterocycles. The average Bonchev–Trinajstić information content (AvgIpc) is 2.90. The lowest BCUT2D eigenvalue weighted by molar-refractivity contribution is -0.146. The van der Waals surface area contributed by atoms with Gasteiger partial charge in [-0.1, -0.05) is 26.7 Å². The van der Waals surface area contributed by atoms with Gasteiger partial charge in [-0.2, -0.15) is 0 Å². The minimum atomic E-state index is -0.0518. The fourth-order valence-electron chi connectivity index (χ4n) is 4.62. The molecule has 2 rings (SSSR count). The van der Waals surface area contributed by atoms with Gasteiger partial charge >= 0.3 is 0 Å². The maximum atomic E-state index is 13.3. The van der Waals surface area contributed by atoms with E-state index in [0.29, 0.717) is 23.9 Å². The van der Waals surface area contributed by atoms with Gasteiger partial charge in [-0.3, -0.25) is 4.79 Å². The van der Waals surface area contributed by atoms with E-state index in [0.717, 1.165) is 51.5 Å². The van der Waals surface area contributed by atoms with Gasteiger partial charge in [-0.25, -0.2) is 0 Å². The van der Waals surface area contributed by atoms with E-state index >= 15 is 0 Å². The Labute approximate surface area is 130 Å². The maximum Gasteiger partial charge on any atom is 0.229 e. The Hall–Kier alpha value is -0.570. The van der Waals surface area contributed by atoms with E-state index < -0.39 is 0 Å². The molecule has 1 amide bonds. The second kappa shape index (κ2) is 7.13. The second-order valence-corrected chi connectivity index (χ2v) is 7.75. The predicted octanol–water partition coefficient (Wildman–Crippen LogP) is 3.71. The summed E-state index contributed by atoms with van der Waals surface area (Å²) >= 11 is 0. The van der Waals surface area contributed by atoms with Crippen LogP contribution in [-0.4, -0.2) is 29.4 Å². The van der Waals surface area contributed by atoms with Gasteiger partial charge in [0.25, 0.3) is 0 Å². The first-order valence-corrected chi connectivity index (χ1v) is 9.05. The number of rotatable bonds is 5. The van der Waals surface area contributed by atoms with E-state index in [9.17, 15) is 4.79 Å². The molecule has 21 heavy (non-hydrogen) atoms. The number of carbonyl (C=O) groups is 1. The van der Waals surface area contributed by atoms with Crippen LogP contribution in [0, 0.1) is 11.3 Å². The summed E-state index contributed by atoms with van der Waals surface area (Å²) in [7, 11) is 0. The van der Waals surface area contributed by atoms with Crippen LogP contribution < -0.4 is 5.73 Å². The van der Waals surface area contributed by atoms with Crippen molar-refractivity contribution >= 4 is 5.91 Å². The van der Waals surface area contributed by atoms with E-state index in [1.807, 2.05) is 0 Å². The quantitative estimate of drug-likeness (QED) is 0.840. The topological polar surface area (TPSA) is 46.3 Å². The minimum absolute atomic E-state index is 0.0518. The van der Waals surface area contributed by atoms with Crippen LogP contribution in [0.4, 0.5) is 0 Å². The van der Waals surface area contributed by atoms with Gasteiger partial charge in [0.15, 0.2) is 0 Å². The van der Waals surface area contributed by atoms with Crippen LogP contribution >= 0.6 is 0 Å². The SMILES string of the molecule is CCN(C(=O)C1(CC(C)C)CCCC1)C1CCC(N)CC1. The van der Waals surface area contributed by atoms with Crippen molar-refractivity contribution in [2.45, 2.75) is 90.6 Å². The van der Waals surface area contributed by atoms with E-state index in [-0.39, 0.29) is 5.41 Å². The zero-order chi connectivity index (χ0) is 15.5. The largest absolute Gasteiger partial charge is 0.340 e. The summed E-state index contributed by atoms with van der Waals surface area (Å²) in [5.74, 6) is 1.06. The zero-order valence-corrected chi connectivity index (χ0v) is 14.2. The van der Waals surface area contributed by atoms with Crippen LogP contribution in [-0.2, 0) is 4.79 Å². The number of carbonyl (C=O) groups excluding carboxylic acids is 1. The number of hydrogen-bond donors (Lipinski definition) is 1. The molecule has 2 aliphatic rings. The first-order valence-electron chi connectivity index (χ1n) is 9.05. The molecule has 0 atom stereocenters. The number of nitrogens with two attached hydrogens (primary N) is 1. The molecule has 122 valence electrons. The van der Waals surface area contributed by atoms with Crippen molar-refractivity contribution in [1.82, 2.24) is 4.90 Å². The molecule has 0 spiro atoms. The Balaban J connectivity index is 2.10. The molecule has 2 aliphatic carbocycles. The van der Waals surface area contributed by atoms with Crippen LogP contribution in [0.3, 0.4) is 0 Å². The van der Waals surface area contributed by atoms with Crippen molar-refractivity contribution in [3.63, 3.8) is 0 Å². The Morgan fingerprint density at radius 2 is 1.76 bits per heavy atom. The molecule has 3 heteroatoms. The third-order valence-electron chi connectivity index (χ3n) is 5.60. The van der Waals surface area contributed by atoms with Crippen molar-refractivity contribution in [2.75, 3.05) is 6.54 Å². The van der Waals surface area contributed by atoms with E-state index in [2.05, 4.69) is 25.7 Å². The molecule has 0 radical (unpaired) electrons. The highest BCUT2D eigenvalue weighted by atomic mass is 16.2. The molecular formula is C18H34N2O. The van der Waals surface area contributed by atoms with E-state index in [1.54, 1.807) is 0 Å². The van der Waals surface area contributed by atoms with Gasteiger partial charge in [0.1, 0.15) is 0 Å². The van der Waals surface area contributed by atoms with Gasteiger partial charge in [0, 0.05) is 24.0 Å². The molecule has 0 aromatic rings. The Bertz CT molecular complexity index is 339. The first-order chi connectivity index (χ1) is 9.98. The number of hydrogen-bond acceptors (Lipinski definition) is 2. The molecular weight excluding hydrogens is 260 g/mol. The van der Waals surface area contributed by atoms with E-state index in [4.69, 9.17) is 5.73 Å². The van der Waals surface area contributed by atoms with Gasteiger partial charge < -0.3 is 10.6 Å². The second-order valence-electron chi connectivity index (χ2n) is 7.75. The number of nitrogens with zero attached hydrogens (tertiary/aromatic N) is 1. The van der Waals surface area contributed by atoms with Crippen molar-refractivity contribution in [1.29, 1.82) is 0 Å². The summed E-state index contributed by atoms with van der Waals surface area (Å²) in [5.41, 5.74) is 5.97. The molecule has 0 saturated heterocycles. The van der Waals surface area contributed by atoms with Crippen molar-refractivity contribution in [3.05, 3.63) is 0 Å². The molecule has 2 saturated carbocycles. The zero-order valence-electron chi connectivity index (χ0n) is 14.2. The predicted molar refractivity (Wildman–Crippen MR) is 88.0 cm³/mol. The normalized spacial score (nSPS) is 28.8. The summed E-state index contributed by atoms with van der Waals surface area (Å²) in [4.78, 5) is 15.5. The summed E-state index contributed by atoms with van der Waals surface area (Å²) in [6, 6.07) is 0.790. The Morgan fingerprint density at radius 3 is 2.24 bits per heavy atom. The third-order valence-corrected chi connectivity index (χ3v) is 5.60. The van der Waals surface area contributed by atoms with Crippen LogP contribution in [0.15, 0.2) is 0 Å². The lowest BCUT2D eigenvalue weighted by Crippen LogP contribution is -2.50. The lowest BCUT2D eigenvalue weighted by atomic mass is 9.76. The van der Waals surface area contributed by atoms with Gasteiger partial charge in [-0.15, -0.1) is 0 Å². The summed E-state index contributed by atoms with van der Waals surface area (Å²) in [6.45, 7) is 7.51. The summed E-state index contributed by atoms with van der Waals surface area (Å²) in [6.07, 6.45) is 10.1. The summed E-state index contributed by atoms with van der Waals surface area (Å²) in [5, 5.41) is 0. The highest BCUT2D eigenvalue weighted by Gasteiger charge is 2.44. The minimum Gasteiger partial charge on any atom is -0.340 e. The molecule has 0 heterocycles. The Morgan fingerprint density at radius 1 is 1.19 bits per heavy atom. The smallest absolute Gasteiger partial charge is 0.229 e. The monoisotopic (exact) mass is 294 g/mol. The summed E-state index contributed by atoms with van der Waals surface area (Å²) < 4.78 is 0. The lowest BCUT2D eigenvalue weighted by Gasteiger charge is -2.41. The Kier molecular flexibility index (Phi) is 5.70. The third kappa shape index (κ3) is 3.80. The maximum absolute atomic E-state index is 13.3. The average molecular weight is 294 g/mol.